The number of methoxy groups -OCH3 is 1. The van der Waals surface area contributed by atoms with E-state index in [-0.39, 0.29) is 23.4 Å². The Morgan fingerprint density at radius 1 is 1.18 bits per heavy atom. The standard InChI is InChI=1S/C16H28N2O4/c1-22-11-16(8-2-3-9-16)10-17-15(21)18-13-6-4-12(5-7-13)14(19)20/h12-13H,2-11H2,1H3,(H,19,20)(H2,17,18,21). The van der Waals surface area contributed by atoms with Crippen LogP contribution in [0.1, 0.15) is 51.4 Å². The fourth-order valence-electron chi connectivity index (χ4n) is 3.79. The summed E-state index contributed by atoms with van der Waals surface area (Å²) in [5, 5.41) is 14.9. The highest BCUT2D eigenvalue weighted by atomic mass is 16.5. The van der Waals surface area contributed by atoms with Crippen LogP contribution in [-0.2, 0) is 9.53 Å². The van der Waals surface area contributed by atoms with Crippen LogP contribution in [0.3, 0.4) is 0 Å². The number of aliphatic carboxylic acids is 1. The smallest absolute Gasteiger partial charge is 0.315 e. The molecule has 0 spiro atoms. The number of carbonyl (C=O) groups excluding carboxylic acids is 1. The highest BCUT2D eigenvalue weighted by molar-refractivity contribution is 5.74. The highest BCUT2D eigenvalue weighted by Gasteiger charge is 2.34. The van der Waals surface area contributed by atoms with Crippen molar-refractivity contribution in [2.24, 2.45) is 11.3 Å². The van der Waals surface area contributed by atoms with E-state index in [9.17, 15) is 9.59 Å². The van der Waals surface area contributed by atoms with Crippen molar-refractivity contribution in [2.75, 3.05) is 20.3 Å². The number of ether oxygens (including phenoxy) is 1. The van der Waals surface area contributed by atoms with E-state index in [4.69, 9.17) is 9.84 Å². The molecule has 2 amide bonds. The van der Waals surface area contributed by atoms with Crippen LogP contribution in [0.25, 0.3) is 0 Å². The predicted molar refractivity (Wildman–Crippen MR) is 82.7 cm³/mol. The van der Waals surface area contributed by atoms with Gasteiger partial charge in [-0.1, -0.05) is 12.8 Å². The van der Waals surface area contributed by atoms with Gasteiger partial charge in [-0.25, -0.2) is 4.79 Å². The normalized spacial score (nSPS) is 27.3. The summed E-state index contributed by atoms with van der Waals surface area (Å²) in [6.45, 7) is 1.34. The molecule has 2 aliphatic carbocycles. The van der Waals surface area contributed by atoms with Crippen molar-refractivity contribution >= 4 is 12.0 Å². The van der Waals surface area contributed by atoms with Gasteiger partial charge in [-0.2, -0.15) is 0 Å². The first-order valence-electron chi connectivity index (χ1n) is 8.31. The fourth-order valence-corrected chi connectivity index (χ4v) is 3.79. The zero-order valence-corrected chi connectivity index (χ0v) is 13.4. The monoisotopic (exact) mass is 312 g/mol. The number of amides is 2. The van der Waals surface area contributed by atoms with E-state index in [2.05, 4.69) is 10.6 Å². The van der Waals surface area contributed by atoms with Crippen LogP contribution in [-0.4, -0.2) is 43.4 Å². The topological polar surface area (TPSA) is 87.7 Å². The van der Waals surface area contributed by atoms with Crippen molar-refractivity contribution in [1.29, 1.82) is 0 Å². The summed E-state index contributed by atoms with van der Waals surface area (Å²) < 4.78 is 5.32. The molecule has 0 atom stereocenters. The number of hydrogen-bond donors (Lipinski definition) is 3. The molecular weight excluding hydrogens is 284 g/mol. The van der Waals surface area contributed by atoms with Gasteiger partial charge in [0, 0.05) is 25.1 Å². The Bertz CT molecular complexity index is 386. The average molecular weight is 312 g/mol. The molecule has 2 aliphatic rings. The van der Waals surface area contributed by atoms with Crippen LogP contribution >= 0.6 is 0 Å². The predicted octanol–water partition coefficient (Wildman–Crippen LogP) is 2.14. The molecule has 2 fully saturated rings. The molecule has 6 heteroatoms. The summed E-state index contributed by atoms with van der Waals surface area (Å²) in [6, 6.07) is -0.0429. The van der Waals surface area contributed by atoms with Crippen LogP contribution in [0.4, 0.5) is 4.79 Å². The average Bonchev–Trinajstić information content (AvgIpc) is 2.95. The summed E-state index contributed by atoms with van der Waals surface area (Å²) in [6.07, 6.45) is 7.39. The molecule has 0 radical (unpaired) electrons. The number of rotatable bonds is 6. The number of carboxylic acid groups (broad SMARTS) is 1. The molecule has 126 valence electrons. The van der Waals surface area contributed by atoms with Crippen molar-refractivity contribution in [1.82, 2.24) is 10.6 Å². The third-order valence-electron chi connectivity index (χ3n) is 5.15. The fraction of sp³-hybridized carbons (Fsp3) is 0.875. The molecule has 6 nitrogen and oxygen atoms in total. The summed E-state index contributed by atoms with van der Waals surface area (Å²) in [5.41, 5.74) is 0.0903. The van der Waals surface area contributed by atoms with Crippen LogP contribution < -0.4 is 10.6 Å². The second-order valence-corrected chi connectivity index (χ2v) is 6.85. The Morgan fingerprint density at radius 3 is 2.36 bits per heavy atom. The number of carboxylic acids is 1. The van der Waals surface area contributed by atoms with E-state index >= 15 is 0 Å². The summed E-state index contributed by atoms with van der Waals surface area (Å²) in [4.78, 5) is 23.0. The van der Waals surface area contributed by atoms with Gasteiger partial charge in [-0.3, -0.25) is 4.79 Å². The van der Waals surface area contributed by atoms with E-state index in [1.165, 1.54) is 12.8 Å². The highest BCUT2D eigenvalue weighted by Crippen LogP contribution is 2.37. The van der Waals surface area contributed by atoms with Crippen molar-refractivity contribution < 1.29 is 19.4 Å². The third-order valence-corrected chi connectivity index (χ3v) is 5.15. The lowest BCUT2D eigenvalue weighted by atomic mass is 9.86. The molecule has 2 rings (SSSR count). The van der Waals surface area contributed by atoms with Crippen LogP contribution in [0, 0.1) is 11.3 Å². The molecule has 0 aromatic carbocycles. The zero-order chi connectivity index (χ0) is 16.0. The molecule has 0 aliphatic heterocycles. The van der Waals surface area contributed by atoms with E-state index in [0.29, 0.717) is 26.0 Å². The molecule has 0 aromatic heterocycles. The number of hydrogen-bond acceptors (Lipinski definition) is 3. The van der Waals surface area contributed by atoms with Crippen LogP contribution in [0.2, 0.25) is 0 Å². The number of carbonyl (C=O) groups is 2. The molecule has 0 bridgehead atoms. The molecule has 0 unspecified atom stereocenters. The summed E-state index contributed by atoms with van der Waals surface area (Å²) >= 11 is 0. The lowest BCUT2D eigenvalue weighted by molar-refractivity contribution is -0.142. The number of nitrogens with one attached hydrogen (secondary N) is 2. The molecule has 22 heavy (non-hydrogen) atoms. The van der Waals surface area contributed by atoms with Gasteiger partial charge < -0.3 is 20.5 Å². The van der Waals surface area contributed by atoms with E-state index < -0.39 is 5.97 Å². The lowest BCUT2D eigenvalue weighted by Crippen LogP contribution is -2.47. The first-order valence-corrected chi connectivity index (χ1v) is 8.31. The maximum atomic E-state index is 12.1. The van der Waals surface area contributed by atoms with Crippen molar-refractivity contribution in [3.8, 4) is 0 Å². The minimum absolute atomic E-state index is 0.0903. The quantitative estimate of drug-likeness (QED) is 0.701. The zero-order valence-electron chi connectivity index (χ0n) is 13.4. The molecule has 0 saturated heterocycles. The largest absolute Gasteiger partial charge is 0.481 e. The summed E-state index contributed by atoms with van der Waals surface area (Å²) in [7, 11) is 1.71. The van der Waals surface area contributed by atoms with Crippen molar-refractivity contribution in [3.63, 3.8) is 0 Å². The lowest BCUT2D eigenvalue weighted by Gasteiger charge is -2.30. The van der Waals surface area contributed by atoms with Crippen LogP contribution in [0.15, 0.2) is 0 Å². The molecule has 0 heterocycles. The van der Waals surface area contributed by atoms with Gasteiger partial charge in [0.2, 0.25) is 0 Å². The van der Waals surface area contributed by atoms with Gasteiger partial charge in [0.15, 0.2) is 0 Å². The summed E-state index contributed by atoms with van der Waals surface area (Å²) in [5.74, 6) is -0.963. The van der Waals surface area contributed by atoms with Gasteiger partial charge in [0.05, 0.1) is 12.5 Å². The van der Waals surface area contributed by atoms with Gasteiger partial charge in [-0.15, -0.1) is 0 Å². The number of urea groups is 1. The van der Waals surface area contributed by atoms with E-state index in [1.807, 2.05) is 0 Å². The minimum Gasteiger partial charge on any atom is -0.481 e. The molecule has 0 aromatic rings. The first-order chi connectivity index (χ1) is 10.5. The maximum Gasteiger partial charge on any atom is 0.315 e. The SMILES string of the molecule is COCC1(CNC(=O)NC2CCC(C(=O)O)CC2)CCCC1. The first kappa shape index (κ1) is 17.1. The molecular formula is C16H28N2O4. The maximum absolute atomic E-state index is 12.1. The minimum atomic E-state index is -0.717. The van der Waals surface area contributed by atoms with E-state index in [0.717, 1.165) is 25.7 Å². The Kier molecular flexibility index (Phi) is 6.06. The molecule has 3 N–H and O–H groups in total. The Morgan fingerprint density at radius 2 is 1.82 bits per heavy atom. The Balaban J connectivity index is 1.71. The van der Waals surface area contributed by atoms with Crippen molar-refractivity contribution in [3.05, 3.63) is 0 Å². The van der Waals surface area contributed by atoms with Crippen molar-refractivity contribution in [2.45, 2.75) is 57.4 Å². The second kappa shape index (κ2) is 7.81. The van der Waals surface area contributed by atoms with Crippen LogP contribution in [0.5, 0.6) is 0 Å². The second-order valence-electron chi connectivity index (χ2n) is 6.85. The molecule has 2 saturated carbocycles. The van der Waals surface area contributed by atoms with Gasteiger partial charge in [-0.05, 0) is 38.5 Å². The van der Waals surface area contributed by atoms with Gasteiger partial charge >= 0.3 is 12.0 Å². The Hall–Kier alpha value is -1.30. The third kappa shape index (κ3) is 4.60. The Labute approximate surface area is 132 Å². The van der Waals surface area contributed by atoms with Gasteiger partial charge in [0.1, 0.15) is 0 Å². The van der Waals surface area contributed by atoms with Gasteiger partial charge in [0.25, 0.3) is 0 Å². The van der Waals surface area contributed by atoms with E-state index in [1.54, 1.807) is 7.11 Å².